The summed E-state index contributed by atoms with van der Waals surface area (Å²) >= 11 is 6.03. The predicted octanol–water partition coefficient (Wildman–Crippen LogP) is 5.03. The summed E-state index contributed by atoms with van der Waals surface area (Å²) in [4.78, 5) is 15.0. The fourth-order valence-electron chi connectivity index (χ4n) is 4.29. The standard InChI is InChI=1S/C20H19ClFNO/c21-16-3-1-2-14(10-16)20(24)23-18-8-9-19(23)12-15(11-18)13-4-6-17(22)7-5-13/h1-7,10,15,18-19H,8-9,11-12H2/t15?,18-,19+. The highest BCUT2D eigenvalue weighted by Crippen LogP contribution is 2.43. The zero-order valence-corrected chi connectivity index (χ0v) is 14.0. The minimum Gasteiger partial charge on any atom is -0.333 e. The van der Waals surface area contributed by atoms with Gasteiger partial charge in [0.15, 0.2) is 0 Å². The van der Waals surface area contributed by atoms with Crippen molar-refractivity contribution in [2.24, 2.45) is 0 Å². The third-order valence-electron chi connectivity index (χ3n) is 5.38. The van der Waals surface area contributed by atoms with Gasteiger partial charge in [0.05, 0.1) is 0 Å². The van der Waals surface area contributed by atoms with E-state index in [0.717, 1.165) is 25.7 Å². The Labute approximate surface area is 146 Å². The van der Waals surface area contributed by atoms with Gasteiger partial charge in [-0.05, 0) is 67.5 Å². The molecule has 0 radical (unpaired) electrons. The number of hydrogen-bond donors (Lipinski definition) is 0. The Morgan fingerprint density at radius 1 is 1.04 bits per heavy atom. The fraction of sp³-hybridized carbons (Fsp3) is 0.350. The lowest BCUT2D eigenvalue weighted by molar-refractivity contribution is 0.0571. The minimum absolute atomic E-state index is 0.0857. The summed E-state index contributed by atoms with van der Waals surface area (Å²) in [6, 6.07) is 14.5. The average Bonchev–Trinajstić information content (AvgIpc) is 2.84. The molecule has 24 heavy (non-hydrogen) atoms. The first kappa shape index (κ1) is 15.6. The van der Waals surface area contributed by atoms with Crippen LogP contribution < -0.4 is 0 Å². The van der Waals surface area contributed by atoms with Crippen LogP contribution in [0.25, 0.3) is 0 Å². The van der Waals surface area contributed by atoms with Crippen molar-refractivity contribution in [3.05, 3.63) is 70.5 Å². The zero-order valence-electron chi connectivity index (χ0n) is 13.3. The highest BCUT2D eigenvalue weighted by Gasteiger charge is 2.43. The Bertz CT molecular complexity index is 746. The SMILES string of the molecule is O=C(c1cccc(Cl)c1)N1[C@@H]2CC[C@H]1CC(c1ccc(F)cc1)C2. The van der Waals surface area contributed by atoms with Crippen LogP contribution in [0.1, 0.15) is 47.5 Å². The fourth-order valence-corrected chi connectivity index (χ4v) is 4.48. The molecule has 124 valence electrons. The van der Waals surface area contributed by atoms with Gasteiger partial charge in [-0.1, -0.05) is 29.8 Å². The molecule has 2 bridgehead atoms. The molecule has 2 aliphatic heterocycles. The number of benzene rings is 2. The van der Waals surface area contributed by atoms with Crippen LogP contribution in [0.15, 0.2) is 48.5 Å². The number of piperidine rings is 1. The van der Waals surface area contributed by atoms with Crippen molar-refractivity contribution in [1.82, 2.24) is 4.90 Å². The van der Waals surface area contributed by atoms with Crippen LogP contribution in [-0.2, 0) is 0 Å². The van der Waals surface area contributed by atoms with Crippen molar-refractivity contribution < 1.29 is 9.18 Å². The highest BCUT2D eigenvalue weighted by atomic mass is 35.5. The highest BCUT2D eigenvalue weighted by molar-refractivity contribution is 6.30. The first-order chi connectivity index (χ1) is 11.6. The second-order valence-electron chi connectivity index (χ2n) is 6.83. The first-order valence-electron chi connectivity index (χ1n) is 8.45. The van der Waals surface area contributed by atoms with Gasteiger partial charge in [0.2, 0.25) is 0 Å². The van der Waals surface area contributed by atoms with E-state index in [2.05, 4.69) is 4.90 Å². The van der Waals surface area contributed by atoms with Crippen LogP contribution in [0.2, 0.25) is 5.02 Å². The molecule has 0 aromatic heterocycles. The maximum absolute atomic E-state index is 13.1. The minimum atomic E-state index is -0.199. The van der Waals surface area contributed by atoms with Gasteiger partial charge >= 0.3 is 0 Å². The molecule has 3 atom stereocenters. The van der Waals surface area contributed by atoms with Gasteiger partial charge < -0.3 is 4.90 Å². The Hall–Kier alpha value is -1.87. The zero-order chi connectivity index (χ0) is 16.7. The number of fused-ring (bicyclic) bond motifs is 2. The molecular formula is C20H19ClFNO. The van der Waals surface area contributed by atoms with Gasteiger partial charge in [-0.15, -0.1) is 0 Å². The molecule has 2 nitrogen and oxygen atoms in total. The van der Waals surface area contributed by atoms with Gasteiger partial charge in [0, 0.05) is 22.7 Å². The molecule has 0 saturated carbocycles. The summed E-state index contributed by atoms with van der Waals surface area (Å²) in [5, 5.41) is 0.592. The number of carbonyl (C=O) groups is 1. The molecule has 2 fully saturated rings. The Kier molecular flexibility index (Phi) is 4.05. The maximum Gasteiger partial charge on any atom is 0.254 e. The van der Waals surface area contributed by atoms with Crippen molar-refractivity contribution >= 4 is 17.5 Å². The largest absolute Gasteiger partial charge is 0.333 e. The number of amides is 1. The second-order valence-corrected chi connectivity index (χ2v) is 7.26. The molecule has 2 aromatic carbocycles. The van der Waals surface area contributed by atoms with E-state index in [-0.39, 0.29) is 23.8 Å². The van der Waals surface area contributed by atoms with E-state index in [1.807, 2.05) is 24.3 Å². The summed E-state index contributed by atoms with van der Waals surface area (Å²) in [7, 11) is 0. The second kappa shape index (κ2) is 6.21. The summed E-state index contributed by atoms with van der Waals surface area (Å²) in [6.07, 6.45) is 4.01. The molecule has 0 aliphatic carbocycles. The van der Waals surface area contributed by atoms with Gasteiger partial charge in [0.1, 0.15) is 5.82 Å². The van der Waals surface area contributed by atoms with Crippen molar-refractivity contribution in [2.45, 2.75) is 43.7 Å². The lowest BCUT2D eigenvalue weighted by Gasteiger charge is -2.39. The molecule has 0 spiro atoms. The molecular weight excluding hydrogens is 325 g/mol. The molecule has 2 aromatic rings. The van der Waals surface area contributed by atoms with E-state index in [1.54, 1.807) is 12.1 Å². The molecule has 2 aliphatic rings. The number of hydrogen-bond acceptors (Lipinski definition) is 1. The van der Waals surface area contributed by atoms with Crippen LogP contribution in [0.4, 0.5) is 4.39 Å². The normalized spacial score (nSPS) is 25.8. The van der Waals surface area contributed by atoms with Crippen LogP contribution >= 0.6 is 11.6 Å². The summed E-state index contributed by atoms with van der Waals surface area (Å²) in [6.45, 7) is 0. The van der Waals surface area contributed by atoms with E-state index in [1.165, 1.54) is 17.7 Å². The van der Waals surface area contributed by atoms with E-state index >= 15 is 0 Å². The Morgan fingerprint density at radius 3 is 2.33 bits per heavy atom. The van der Waals surface area contributed by atoms with Crippen LogP contribution in [0.5, 0.6) is 0 Å². The lowest BCUT2D eigenvalue weighted by atomic mass is 9.85. The molecule has 0 N–H and O–H groups in total. The van der Waals surface area contributed by atoms with Crippen LogP contribution in [0.3, 0.4) is 0 Å². The van der Waals surface area contributed by atoms with Gasteiger partial charge in [-0.2, -0.15) is 0 Å². The van der Waals surface area contributed by atoms with Gasteiger partial charge in [-0.25, -0.2) is 4.39 Å². The third kappa shape index (κ3) is 2.82. The van der Waals surface area contributed by atoms with Crippen molar-refractivity contribution in [1.29, 1.82) is 0 Å². The van der Waals surface area contributed by atoms with Gasteiger partial charge in [-0.3, -0.25) is 4.79 Å². The quantitative estimate of drug-likeness (QED) is 0.749. The predicted molar refractivity (Wildman–Crippen MR) is 92.8 cm³/mol. The Morgan fingerprint density at radius 2 is 1.71 bits per heavy atom. The number of nitrogens with zero attached hydrogens (tertiary/aromatic N) is 1. The lowest BCUT2D eigenvalue weighted by Crippen LogP contribution is -2.46. The number of carbonyl (C=O) groups excluding carboxylic acids is 1. The summed E-state index contributed by atoms with van der Waals surface area (Å²) in [5.41, 5.74) is 1.85. The molecule has 2 saturated heterocycles. The topological polar surface area (TPSA) is 20.3 Å². The Balaban J connectivity index is 1.55. The van der Waals surface area contributed by atoms with Gasteiger partial charge in [0.25, 0.3) is 5.91 Å². The summed E-state index contributed by atoms with van der Waals surface area (Å²) < 4.78 is 13.1. The van der Waals surface area contributed by atoms with E-state index in [0.29, 0.717) is 16.5 Å². The average molecular weight is 344 g/mol. The monoisotopic (exact) mass is 343 g/mol. The van der Waals surface area contributed by atoms with Crippen molar-refractivity contribution in [2.75, 3.05) is 0 Å². The van der Waals surface area contributed by atoms with Crippen LogP contribution in [0, 0.1) is 5.82 Å². The molecule has 2 heterocycles. The van der Waals surface area contributed by atoms with E-state index in [9.17, 15) is 9.18 Å². The number of halogens is 2. The first-order valence-corrected chi connectivity index (χ1v) is 8.83. The number of rotatable bonds is 2. The van der Waals surface area contributed by atoms with E-state index in [4.69, 9.17) is 11.6 Å². The van der Waals surface area contributed by atoms with Crippen molar-refractivity contribution in [3.8, 4) is 0 Å². The smallest absolute Gasteiger partial charge is 0.254 e. The summed E-state index contributed by atoms with van der Waals surface area (Å²) in [5.74, 6) is 0.296. The molecule has 1 amide bonds. The molecule has 4 rings (SSSR count). The maximum atomic E-state index is 13.1. The van der Waals surface area contributed by atoms with Crippen LogP contribution in [-0.4, -0.2) is 22.9 Å². The van der Waals surface area contributed by atoms with E-state index < -0.39 is 0 Å². The molecule has 4 heteroatoms. The molecule has 1 unspecified atom stereocenters. The third-order valence-corrected chi connectivity index (χ3v) is 5.62. The van der Waals surface area contributed by atoms with Crippen molar-refractivity contribution in [3.63, 3.8) is 0 Å².